The largest absolute Gasteiger partial charge is 0.311 e. The van der Waals surface area contributed by atoms with E-state index in [0.717, 1.165) is 30.8 Å². The average Bonchev–Trinajstić information content (AvgIpc) is 3.09. The molecule has 0 radical (unpaired) electrons. The summed E-state index contributed by atoms with van der Waals surface area (Å²) in [4.78, 5) is 2.62. The van der Waals surface area contributed by atoms with E-state index in [1.807, 2.05) is 0 Å². The standard InChI is InChI=1S/C18H26N2/c1-20(12-16-9-13-6-7-14(16)8-13)18-11-19-10-15-4-2-3-5-17(15)18/h2-5,13-14,16,18-19H,6-12H2,1H3. The van der Waals surface area contributed by atoms with Gasteiger partial charge in [0.15, 0.2) is 0 Å². The molecule has 1 aromatic carbocycles. The minimum Gasteiger partial charge on any atom is -0.311 e. The summed E-state index contributed by atoms with van der Waals surface area (Å²) in [7, 11) is 2.33. The van der Waals surface area contributed by atoms with Gasteiger partial charge in [-0.25, -0.2) is 0 Å². The molecule has 0 spiro atoms. The van der Waals surface area contributed by atoms with E-state index in [1.54, 1.807) is 5.56 Å². The highest BCUT2D eigenvalue weighted by molar-refractivity contribution is 5.32. The van der Waals surface area contributed by atoms with Crippen molar-refractivity contribution in [3.05, 3.63) is 35.4 Å². The molecule has 2 fully saturated rings. The molecule has 0 saturated heterocycles. The number of nitrogens with one attached hydrogen (secondary N) is 1. The van der Waals surface area contributed by atoms with E-state index in [-0.39, 0.29) is 0 Å². The molecule has 4 rings (SSSR count). The van der Waals surface area contributed by atoms with Crippen LogP contribution in [-0.2, 0) is 6.54 Å². The molecule has 1 N–H and O–H groups in total. The Balaban J connectivity index is 1.48. The van der Waals surface area contributed by atoms with Crippen molar-refractivity contribution in [2.24, 2.45) is 17.8 Å². The van der Waals surface area contributed by atoms with E-state index in [9.17, 15) is 0 Å². The van der Waals surface area contributed by atoms with Gasteiger partial charge in [0.05, 0.1) is 0 Å². The third-order valence-corrected chi connectivity index (χ3v) is 6.01. The molecule has 108 valence electrons. The second-order valence-electron chi connectivity index (χ2n) is 7.22. The van der Waals surface area contributed by atoms with Gasteiger partial charge < -0.3 is 5.32 Å². The summed E-state index contributed by atoms with van der Waals surface area (Å²) < 4.78 is 0. The van der Waals surface area contributed by atoms with Crippen LogP contribution >= 0.6 is 0 Å². The Morgan fingerprint density at radius 2 is 2.10 bits per heavy atom. The first kappa shape index (κ1) is 12.8. The highest BCUT2D eigenvalue weighted by Crippen LogP contribution is 2.48. The van der Waals surface area contributed by atoms with Crippen LogP contribution in [0.5, 0.6) is 0 Å². The van der Waals surface area contributed by atoms with Crippen LogP contribution in [0.4, 0.5) is 0 Å². The molecule has 4 atom stereocenters. The van der Waals surface area contributed by atoms with Gasteiger partial charge in [0, 0.05) is 25.7 Å². The van der Waals surface area contributed by atoms with E-state index in [1.165, 1.54) is 37.8 Å². The molecule has 1 aliphatic heterocycles. The molecule has 0 aromatic heterocycles. The van der Waals surface area contributed by atoms with Gasteiger partial charge >= 0.3 is 0 Å². The second kappa shape index (κ2) is 5.16. The summed E-state index contributed by atoms with van der Waals surface area (Å²) in [5, 5.41) is 3.59. The second-order valence-corrected chi connectivity index (χ2v) is 7.22. The van der Waals surface area contributed by atoms with E-state index in [2.05, 4.69) is 41.5 Å². The quantitative estimate of drug-likeness (QED) is 0.907. The zero-order chi connectivity index (χ0) is 13.5. The molecule has 1 heterocycles. The molecule has 2 saturated carbocycles. The summed E-state index contributed by atoms with van der Waals surface area (Å²) in [6.45, 7) is 3.44. The maximum atomic E-state index is 3.59. The minimum absolute atomic E-state index is 0.569. The number of hydrogen-bond donors (Lipinski definition) is 1. The molecular weight excluding hydrogens is 244 g/mol. The smallest absolute Gasteiger partial charge is 0.0473 e. The van der Waals surface area contributed by atoms with Crippen molar-refractivity contribution in [1.29, 1.82) is 0 Å². The Kier molecular flexibility index (Phi) is 3.31. The lowest BCUT2D eigenvalue weighted by molar-refractivity contribution is 0.165. The molecule has 3 aliphatic rings. The SMILES string of the molecule is CN(CC1CC2CCC1C2)C1CNCc2ccccc21. The lowest BCUT2D eigenvalue weighted by atomic mass is 9.87. The first-order chi connectivity index (χ1) is 9.81. The van der Waals surface area contributed by atoms with Crippen molar-refractivity contribution < 1.29 is 0 Å². The Morgan fingerprint density at radius 1 is 1.20 bits per heavy atom. The van der Waals surface area contributed by atoms with Crippen LogP contribution in [0.1, 0.15) is 42.9 Å². The number of likely N-dealkylation sites (N-methyl/N-ethyl adjacent to an activating group) is 1. The molecule has 2 bridgehead atoms. The van der Waals surface area contributed by atoms with Crippen LogP contribution in [0, 0.1) is 17.8 Å². The average molecular weight is 270 g/mol. The van der Waals surface area contributed by atoms with Gasteiger partial charge in [-0.05, 0) is 55.2 Å². The summed E-state index contributed by atoms with van der Waals surface area (Å²) in [6.07, 6.45) is 6.04. The number of rotatable bonds is 3. The van der Waals surface area contributed by atoms with E-state index in [4.69, 9.17) is 0 Å². The van der Waals surface area contributed by atoms with Crippen LogP contribution in [0.2, 0.25) is 0 Å². The molecule has 20 heavy (non-hydrogen) atoms. The van der Waals surface area contributed by atoms with Gasteiger partial charge in [-0.2, -0.15) is 0 Å². The van der Waals surface area contributed by atoms with Crippen molar-refractivity contribution in [3.63, 3.8) is 0 Å². The number of fused-ring (bicyclic) bond motifs is 3. The van der Waals surface area contributed by atoms with Gasteiger partial charge in [0.25, 0.3) is 0 Å². The Hall–Kier alpha value is -0.860. The van der Waals surface area contributed by atoms with Crippen LogP contribution in [-0.4, -0.2) is 25.0 Å². The van der Waals surface area contributed by atoms with Gasteiger partial charge in [-0.3, -0.25) is 4.90 Å². The fourth-order valence-electron chi connectivity index (χ4n) is 4.96. The van der Waals surface area contributed by atoms with Crippen molar-refractivity contribution in [3.8, 4) is 0 Å². The van der Waals surface area contributed by atoms with Gasteiger partial charge in [-0.1, -0.05) is 30.7 Å². The number of benzene rings is 1. The number of hydrogen-bond acceptors (Lipinski definition) is 2. The van der Waals surface area contributed by atoms with Crippen LogP contribution < -0.4 is 5.32 Å². The minimum atomic E-state index is 0.569. The summed E-state index contributed by atoms with van der Waals surface area (Å²) in [5.41, 5.74) is 3.04. The maximum absolute atomic E-state index is 3.59. The third kappa shape index (κ3) is 2.19. The van der Waals surface area contributed by atoms with Gasteiger partial charge in [0.2, 0.25) is 0 Å². The van der Waals surface area contributed by atoms with E-state index >= 15 is 0 Å². The Labute approximate surface area is 122 Å². The van der Waals surface area contributed by atoms with Crippen molar-refractivity contribution in [2.75, 3.05) is 20.1 Å². The van der Waals surface area contributed by atoms with Crippen LogP contribution in [0.25, 0.3) is 0 Å². The van der Waals surface area contributed by atoms with Gasteiger partial charge in [0.1, 0.15) is 0 Å². The van der Waals surface area contributed by atoms with Crippen LogP contribution in [0.3, 0.4) is 0 Å². The van der Waals surface area contributed by atoms with Crippen LogP contribution in [0.15, 0.2) is 24.3 Å². The molecule has 2 nitrogen and oxygen atoms in total. The van der Waals surface area contributed by atoms with E-state index in [0.29, 0.717) is 6.04 Å². The van der Waals surface area contributed by atoms with Gasteiger partial charge in [-0.15, -0.1) is 0 Å². The fourth-order valence-corrected chi connectivity index (χ4v) is 4.96. The zero-order valence-electron chi connectivity index (χ0n) is 12.5. The number of nitrogens with zero attached hydrogens (tertiary/aromatic N) is 1. The van der Waals surface area contributed by atoms with E-state index < -0.39 is 0 Å². The highest BCUT2D eigenvalue weighted by atomic mass is 15.2. The molecule has 0 amide bonds. The highest BCUT2D eigenvalue weighted by Gasteiger charge is 2.40. The molecular formula is C18H26N2. The zero-order valence-corrected chi connectivity index (χ0v) is 12.5. The summed E-state index contributed by atoms with van der Waals surface area (Å²) >= 11 is 0. The molecule has 2 heteroatoms. The lowest BCUT2D eigenvalue weighted by Crippen LogP contribution is -2.40. The fraction of sp³-hybridized carbons (Fsp3) is 0.667. The molecule has 2 aliphatic carbocycles. The normalized spacial score (nSPS) is 35.5. The summed E-state index contributed by atoms with van der Waals surface area (Å²) in [5.74, 6) is 3.07. The Morgan fingerprint density at radius 3 is 2.90 bits per heavy atom. The molecule has 4 unspecified atom stereocenters. The third-order valence-electron chi connectivity index (χ3n) is 6.01. The lowest BCUT2D eigenvalue weighted by Gasteiger charge is -2.36. The first-order valence-corrected chi connectivity index (χ1v) is 8.30. The Bertz CT molecular complexity index is 484. The van der Waals surface area contributed by atoms with Crippen molar-refractivity contribution >= 4 is 0 Å². The summed E-state index contributed by atoms with van der Waals surface area (Å²) in [6, 6.07) is 9.54. The predicted octanol–water partition coefficient (Wildman–Crippen LogP) is 3.20. The first-order valence-electron chi connectivity index (χ1n) is 8.30. The van der Waals surface area contributed by atoms with Crippen molar-refractivity contribution in [1.82, 2.24) is 10.2 Å². The monoisotopic (exact) mass is 270 g/mol. The maximum Gasteiger partial charge on any atom is 0.0473 e. The topological polar surface area (TPSA) is 15.3 Å². The molecule has 1 aromatic rings. The predicted molar refractivity (Wildman–Crippen MR) is 82.5 cm³/mol. The van der Waals surface area contributed by atoms with Crippen molar-refractivity contribution in [2.45, 2.75) is 38.3 Å².